The van der Waals surface area contributed by atoms with E-state index in [0.717, 1.165) is 75.7 Å². The molecule has 0 bridgehead atoms. The van der Waals surface area contributed by atoms with E-state index in [-0.39, 0.29) is 5.92 Å². The van der Waals surface area contributed by atoms with E-state index in [1.165, 1.54) is 4.90 Å². The first-order valence-corrected chi connectivity index (χ1v) is 11.5. The summed E-state index contributed by atoms with van der Waals surface area (Å²) in [6.07, 6.45) is 1.85. The number of likely N-dealkylation sites (tertiary alicyclic amines) is 1. The average Bonchev–Trinajstić information content (AvgIpc) is 2.81. The fourth-order valence-electron chi connectivity index (χ4n) is 4.80. The smallest absolute Gasteiger partial charge is 0.226 e. The Hall–Kier alpha value is -2.73. The number of rotatable bonds is 6. The van der Waals surface area contributed by atoms with Crippen LogP contribution in [-0.2, 0) is 11.3 Å². The van der Waals surface area contributed by atoms with Gasteiger partial charge < -0.3 is 24.5 Å². The number of benzene rings is 2. The number of hydrogen-bond donors (Lipinski definition) is 2. The Morgan fingerprint density at radius 3 is 2.42 bits per heavy atom. The average molecular weight is 425 g/mol. The maximum atomic E-state index is 13.1. The van der Waals surface area contributed by atoms with Gasteiger partial charge in [0.25, 0.3) is 0 Å². The van der Waals surface area contributed by atoms with Crippen LogP contribution in [0, 0.1) is 5.92 Å². The van der Waals surface area contributed by atoms with Crippen LogP contribution in [0.25, 0.3) is 0 Å². The number of amides is 1. The molecule has 2 aliphatic rings. The predicted molar refractivity (Wildman–Crippen MR) is 122 cm³/mol. The maximum Gasteiger partial charge on any atom is 0.226 e. The molecule has 2 aromatic carbocycles. The number of hydrogen-bond acceptors (Lipinski definition) is 4. The van der Waals surface area contributed by atoms with Gasteiger partial charge >= 0.3 is 0 Å². The van der Waals surface area contributed by atoms with Crippen molar-refractivity contribution in [3.8, 4) is 11.5 Å². The van der Waals surface area contributed by atoms with Crippen LogP contribution in [0.3, 0.4) is 0 Å². The van der Waals surface area contributed by atoms with Crippen molar-refractivity contribution in [1.29, 1.82) is 0 Å². The van der Waals surface area contributed by atoms with Gasteiger partial charge in [0, 0.05) is 50.5 Å². The summed E-state index contributed by atoms with van der Waals surface area (Å²) in [7, 11) is 0. The number of anilines is 1. The second-order valence-corrected chi connectivity index (χ2v) is 8.54. The zero-order valence-electron chi connectivity index (χ0n) is 18.4. The summed E-state index contributed by atoms with van der Waals surface area (Å²) in [4.78, 5) is 18.9. The van der Waals surface area contributed by atoms with Gasteiger partial charge in [-0.2, -0.15) is 0 Å². The molecule has 166 valence electrons. The van der Waals surface area contributed by atoms with Crippen molar-refractivity contribution in [3.63, 3.8) is 0 Å². The molecule has 1 amide bonds. The van der Waals surface area contributed by atoms with Crippen molar-refractivity contribution < 1.29 is 19.5 Å². The number of ether oxygens (including phenoxy) is 1. The summed E-state index contributed by atoms with van der Waals surface area (Å²) < 4.78 is 5.78. The largest absolute Gasteiger partial charge is 0.507 e. The molecular formula is C25H34N3O3+. The molecule has 2 aromatic rings. The fourth-order valence-corrected chi connectivity index (χ4v) is 4.80. The molecule has 2 heterocycles. The summed E-state index contributed by atoms with van der Waals surface area (Å²) in [6.45, 7) is 8.66. The van der Waals surface area contributed by atoms with E-state index < -0.39 is 0 Å². The molecule has 2 fully saturated rings. The van der Waals surface area contributed by atoms with Gasteiger partial charge in [-0.25, -0.2) is 0 Å². The normalized spacial score (nSPS) is 21.7. The van der Waals surface area contributed by atoms with E-state index in [4.69, 9.17) is 4.74 Å². The first-order valence-electron chi connectivity index (χ1n) is 11.5. The first kappa shape index (κ1) is 21.5. The third-order valence-corrected chi connectivity index (χ3v) is 6.57. The van der Waals surface area contributed by atoms with Crippen LogP contribution in [-0.4, -0.2) is 61.8 Å². The summed E-state index contributed by atoms with van der Waals surface area (Å²) in [5, 5.41) is 10.0. The lowest BCUT2D eigenvalue weighted by atomic mass is 9.94. The van der Waals surface area contributed by atoms with Gasteiger partial charge in [-0.15, -0.1) is 0 Å². The Kier molecular flexibility index (Phi) is 6.97. The highest BCUT2D eigenvalue weighted by molar-refractivity contribution is 5.79. The predicted octanol–water partition coefficient (Wildman–Crippen LogP) is 1.93. The van der Waals surface area contributed by atoms with Crippen LogP contribution in [0.15, 0.2) is 48.5 Å². The molecule has 31 heavy (non-hydrogen) atoms. The van der Waals surface area contributed by atoms with Crippen molar-refractivity contribution in [2.45, 2.75) is 26.3 Å². The zero-order chi connectivity index (χ0) is 21.6. The summed E-state index contributed by atoms with van der Waals surface area (Å²) in [5.41, 5.74) is 2.11. The second-order valence-electron chi connectivity index (χ2n) is 8.54. The lowest BCUT2D eigenvalue weighted by Gasteiger charge is -2.39. The van der Waals surface area contributed by atoms with Gasteiger partial charge in [-0.3, -0.25) is 4.79 Å². The summed E-state index contributed by atoms with van der Waals surface area (Å²) in [6, 6.07) is 15.7. The number of quaternary nitrogens is 1. The fraction of sp³-hybridized carbons (Fsp3) is 0.480. The number of carbonyl (C=O) groups is 1. The van der Waals surface area contributed by atoms with E-state index >= 15 is 0 Å². The van der Waals surface area contributed by atoms with Crippen molar-refractivity contribution >= 4 is 11.6 Å². The lowest BCUT2D eigenvalue weighted by molar-refractivity contribution is -0.919. The van der Waals surface area contributed by atoms with E-state index in [2.05, 4.69) is 15.9 Å². The minimum absolute atomic E-state index is 0.135. The molecule has 0 spiro atoms. The Bertz CT molecular complexity index is 872. The van der Waals surface area contributed by atoms with Crippen LogP contribution < -0.4 is 14.5 Å². The molecule has 0 aromatic heterocycles. The van der Waals surface area contributed by atoms with Gasteiger partial charge in [0.1, 0.15) is 18.0 Å². The lowest BCUT2D eigenvalue weighted by Crippen LogP contribution is -3.11. The van der Waals surface area contributed by atoms with Crippen LogP contribution >= 0.6 is 0 Å². The van der Waals surface area contributed by atoms with Crippen molar-refractivity contribution in [1.82, 2.24) is 4.90 Å². The number of para-hydroxylation sites is 3. The highest BCUT2D eigenvalue weighted by atomic mass is 16.5. The van der Waals surface area contributed by atoms with Crippen LogP contribution in [0.4, 0.5) is 5.69 Å². The van der Waals surface area contributed by atoms with Crippen molar-refractivity contribution in [3.05, 3.63) is 54.1 Å². The highest BCUT2D eigenvalue weighted by Crippen LogP contribution is 2.29. The van der Waals surface area contributed by atoms with Gasteiger partial charge in [-0.1, -0.05) is 24.3 Å². The number of phenols is 1. The third kappa shape index (κ3) is 5.13. The molecule has 2 saturated heterocycles. The van der Waals surface area contributed by atoms with Gasteiger partial charge in [0.2, 0.25) is 5.91 Å². The standard InChI is InChI=1S/C25H33N3O3/c1-2-31-24-10-6-4-8-22(24)27-15-17-28(18-16-27)25(30)20-11-13-26(14-12-20)19-21-7-3-5-9-23(21)29/h3-10,20,29H,2,11-19H2,1H3/p+1. The topological polar surface area (TPSA) is 57.5 Å². The SMILES string of the molecule is CCOc1ccccc1N1CCN(C(=O)C2CC[NH+](Cc3ccccc3O)CC2)CC1. The number of nitrogens with one attached hydrogen (secondary N) is 1. The molecule has 0 saturated carbocycles. The molecule has 2 N–H and O–H groups in total. The van der Waals surface area contributed by atoms with Gasteiger partial charge in [0.05, 0.1) is 25.4 Å². The van der Waals surface area contributed by atoms with E-state index in [9.17, 15) is 9.90 Å². The minimum atomic E-state index is 0.135. The molecule has 0 atom stereocenters. The number of aromatic hydroxyl groups is 1. The Morgan fingerprint density at radius 1 is 1.03 bits per heavy atom. The molecule has 6 nitrogen and oxygen atoms in total. The monoisotopic (exact) mass is 424 g/mol. The summed E-state index contributed by atoms with van der Waals surface area (Å²) >= 11 is 0. The quantitative estimate of drug-likeness (QED) is 0.744. The van der Waals surface area contributed by atoms with Crippen molar-refractivity contribution in [2.75, 3.05) is 50.8 Å². The molecule has 4 rings (SSSR count). The number of phenolic OH excluding ortho intramolecular Hbond substituents is 1. The van der Waals surface area contributed by atoms with E-state index in [0.29, 0.717) is 18.3 Å². The molecule has 2 aliphatic heterocycles. The molecular weight excluding hydrogens is 390 g/mol. The maximum absolute atomic E-state index is 13.1. The molecule has 0 radical (unpaired) electrons. The number of nitrogens with zero attached hydrogens (tertiary/aromatic N) is 2. The van der Waals surface area contributed by atoms with Gasteiger partial charge in [-0.05, 0) is 31.2 Å². The Balaban J connectivity index is 1.27. The number of carbonyl (C=O) groups excluding carboxylic acids is 1. The molecule has 0 unspecified atom stereocenters. The minimum Gasteiger partial charge on any atom is -0.507 e. The van der Waals surface area contributed by atoms with Crippen LogP contribution in [0.1, 0.15) is 25.3 Å². The van der Waals surface area contributed by atoms with E-state index in [1.54, 1.807) is 6.07 Å². The Labute approximate surface area is 185 Å². The van der Waals surface area contributed by atoms with Crippen molar-refractivity contribution in [2.24, 2.45) is 5.92 Å². The molecule has 0 aliphatic carbocycles. The van der Waals surface area contributed by atoms with Gasteiger partial charge in [0.15, 0.2) is 0 Å². The summed E-state index contributed by atoms with van der Waals surface area (Å²) in [5.74, 6) is 1.75. The number of piperidine rings is 1. The number of piperazine rings is 1. The Morgan fingerprint density at radius 2 is 1.71 bits per heavy atom. The second kappa shape index (κ2) is 10.1. The zero-order valence-corrected chi connectivity index (χ0v) is 18.4. The highest BCUT2D eigenvalue weighted by Gasteiger charge is 2.32. The molecule has 6 heteroatoms. The first-order chi connectivity index (χ1) is 15.2. The van der Waals surface area contributed by atoms with E-state index in [1.807, 2.05) is 43.3 Å². The third-order valence-electron chi connectivity index (χ3n) is 6.57. The van der Waals surface area contributed by atoms with Crippen LogP contribution in [0.2, 0.25) is 0 Å². The van der Waals surface area contributed by atoms with Crippen LogP contribution in [0.5, 0.6) is 11.5 Å².